The summed E-state index contributed by atoms with van der Waals surface area (Å²) >= 11 is 1.56. The molecule has 0 aliphatic carbocycles. The molecule has 4 aromatic rings. The van der Waals surface area contributed by atoms with E-state index in [1.54, 1.807) is 17.5 Å². The zero-order valence-corrected chi connectivity index (χ0v) is 18.2. The minimum absolute atomic E-state index is 0.147. The normalized spacial score (nSPS) is 14.2. The van der Waals surface area contributed by atoms with Gasteiger partial charge in [0.25, 0.3) is 5.91 Å². The smallest absolute Gasteiger partial charge is 0.256 e. The number of hydrogen-bond acceptors (Lipinski definition) is 6. The third-order valence-electron chi connectivity index (χ3n) is 5.53. The first kappa shape index (κ1) is 19.8. The molecule has 5 rings (SSSR count). The highest BCUT2D eigenvalue weighted by atomic mass is 32.1. The van der Waals surface area contributed by atoms with Gasteiger partial charge < -0.3 is 5.32 Å². The lowest BCUT2D eigenvalue weighted by Gasteiger charge is -2.15. The Hall–Kier alpha value is -3.16. The Bertz CT molecular complexity index is 1250. The van der Waals surface area contributed by atoms with Gasteiger partial charge in [0.2, 0.25) is 0 Å². The molecule has 1 fully saturated rings. The van der Waals surface area contributed by atoms with Crippen LogP contribution in [0.2, 0.25) is 0 Å². The van der Waals surface area contributed by atoms with Crippen LogP contribution in [0.1, 0.15) is 33.8 Å². The van der Waals surface area contributed by atoms with Crippen LogP contribution in [0.15, 0.2) is 54.7 Å². The fraction of sp³-hybridized carbons (Fsp3) is 0.250. The zero-order chi connectivity index (χ0) is 21.2. The average molecular weight is 430 g/mol. The highest BCUT2D eigenvalue weighted by Crippen LogP contribution is 2.27. The van der Waals surface area contributed by atoms with E-state index in [0.717, 1.165) is 51.5 Å². The quantitative estimate of drug-likeness (QED) is 0.488. The number of carbonyl (C=O) groups excluding carboxylic acids is 1. The molecule has 2 aromatic carbocycles. The molecule has 6 nitrogen and oxygen atoms in total. The number of carbonyl (C=O) groups is 1. The number of likely N-dealkylation sites (tertiary alicyclic amines) is 1. The molecule has 2 aromatic heterocycles. The lowest BCUT2D eigenvalue weighted by molar-refractivity contribution is 0.102. The van der Waals surface area contributed by atoms with Crippen molar-refractivity contribution < 1.29 is 4.79 Å². The number of pyridine rings is 1. The van der Waals surface area contributed by atoms with Gasteiger partial charge in [-0.05, 0) is 68.1 Å². The Morgan fingerprint density at radius 2 is 1.94 bits per heavy atom. The van der Waals surface area contributed by atoms with Crippen LogP contribution < -0.4 is 5.32 Å². The first-order valence-electron chi connectivity index (χ1n) is 10.5. The third kappa shape index (κ3) is 4.47. The number of rotatable bonds is 5. The molecule has 1 amide bonds. The van der Waals surface area contributed by atoms with Crippen LogP contribution in [0.25, 0.3) is 21.3 Å². The fourth-order valence-corrected chi connectivity index (χ4v) is 4.64. The molecule has 0 spiro atoms. The predicted molar refractivity (Wildman–Crippen MR) is 124 cm³/mol. The minimum Gasteiger partial charge on any atom is -0.307 e. The lowest BCUT2D eigenvalue weighted by atomic mass is 10.1. The maximum absolute atomic E-state index is 12.8. The van der Waals surface area contributed by atoms with E-state index in [-0.39, 0.29) is 5.91 Å². The van der Waals surface area contributed by atoms with Crippen molar-refractivity contribution in [1.82, 2.24) is 20.1 Å². The molecule has 7 heteroatoms. The Morgan fingerprint density at radius 3 is 2.74 bits per heavy atom. The first-order chi connectivity index (χ1) is 15.1. The van der Waals surface area contributed by atoms with E-state index in [4.69, 9.17) is 0 Å². The van der Waals surface area contributed by atoms with Crippen LogP contribution >= 0.6 is 11.3 Å². The second-order valence-corrected chi connectivity index (χ2v) is 9.08. The number of hydrogen-bond donors (Lipinski definition) is 1. The molecule has 1 N–H and O–H groups in total. The summed E-state index contributed by atoms with van der Waals surface area (Å²) in [6.07, 6.45) is 4.30. The highest BCUT2D eigenvalue weighted by Gasteiger charge is 2.14. The number of anilines is 1. The van der Waals surface area contributed by atoms with Gasteiger partial charge in [-0.2, -0.15) is 0 Å². The van der Waals surface area contributed by atoms with E-state index >= 15 is 0 Å². The summed E-state index contributed by atoms with van der Waals surface area (Å²) in [7, 11) is 0. The van der Waals surface area contributed by atoms with Gasteiger partial charge in [0, 0.05) is 29.3 Å². The van der Waals surface area contributed by atoms with Gasteiger partial charge in [-0.15, -0.1) is 10.2 Å². The molecule has 0 saturated carbocycles. The van der Waals surface area contributed by atoms with Crippen LogP contribution in [0.4, 0.5) is 5.82 Å². The van der Waals surface area contributed by atoms with Crippen molar-refractivity contribution in [3.63, 3.8) is 0 Å². The van der Waals surface area contributed by atoms with E-state index in [0.29, 0.717) is 11.4 Å². The number of amides is 1. The molecular weight excluding hydrogens is 406 g/mol. The second-order valence-electron chi connectivity index (χ2n) is 7.90. The van der Waals surface area contributed by atoms with Gasteiger partial charge in [0.15, 0.2) is 0 Å². The van der Waals surface area contributed by atoms with Crippen molar-refractivity contribution in [2.24, 2.45) is 0 Å². The molecule has 156 valence electrons. The van der Waals surface area contributed by atoms with Crippen molar-refractivity contribution in [1.29, 1.82) is 0 Å². The summed E-state index contributed by atoms with van der Waals surface area (Å²) in [5.74, 6) is 0.388. The highest BCUT2D eigenvalue weighted by molar-refractivity contribution is 7.14. The SMILES string of the molecule is Cc1nnc(-c2ccc3cnc(NC(=O)c4cccc(CN5CCCC5)c4)cc3c2)s1. The summed E-state index contributed by atoms with van der Waals surface area (Å²) < 4.78 is 0. The van der Waals surface area contributed by atoms with Crippen molar-refractivity contribution in [2.75, 3.05) is 18.4 Å². The Kier molecular flexibility index (Phi) is 5.44. The van der Waals surface area contributed by atoms with Gasteiger partial charge in [0.1, 0.15) is 15.8 Å². The molecule has 0 radical (unpaired) electrons. The number of aromatic nitrogens is 3. The predicted octanol–water partition coefficient (Wildman–Crippen LogP) is 4.91. The number of nitrogens with one attached hydrogen (secondary N) is 1. The summed E-state index contributed by atoms with van der Waals surface area (Å²) in [5.41, 5.74) is 2.82. The summed E-state index contributed by atoms with van der Waals surface area (Å²) in [6.45, 7) is 5.11. The van der Waals surface area contributed by atoms with E-state index in [1.807, 2.05) is 43.3 Å². The number of aryl methyl sites for hydroxylation is 1. The van der Waals surface area contributed by atoms with Gasteiger partial charge in [-0.25, -0.2) is 4.98 Å². The largest absolute Gasteiger partial charge is 0.307 e. The van der Waals surface area contributed by atoms with Crippen molar-refractivity contribution in [2.45, 2.75) is 26.3 Å². The molecule has 31 heavy (non-hydrogen) atoms. The van der Waals surface area contributed by atoms with Crippen molar-refractivity contribution >= 4 is 33.8 Å². The van der Waals surface area contributed by atoms with Crippen molar-refractivity contribution in [3.05, 3.63) is 70.9 Å². The van der Waals surface area contributed by atoms with Gasteiger partial charge in [-0.3, -0.25) is 9.69 Å². The maximum Gasteiger partial charge on any atom is 0.256 e. The van der Waals surface area contributed by atoms with E-state index in [2.05, 4.69) is 37.5 Å². The number of benzene rings is 2. The van der Waals surface area contributed by atoms with Crippen molar-refractivity contribution in [3.8, 4) is 10.6 Å². The molecule has 0 unspecified atom stereocenters. The molecule has 3 heterocycles. The Balaban J connectivity index is 1.35. The Morgan fingerprint density at radius 1 is 1.06 bits per heavy atom. The molecule has 1 aliphatic heterocycles. The average Bonchev–Trinajstić information content (AvgIpc) is 3.45. The standard InChI is InChI=1S/C24H23N5OS/c1-16-27-28-24(31-16)19-7-8-20-14-25-22(13-21(20)12-19)26-23(30)18-6-4-5-17(11-18)15-29-9-2-3-10-29/h4-8,11-14H,2-3,9-10,15H2,1H3,(H,25,26,30). The van der Waals surface area contributed by atoms with Gasteiger partial charge in [-0.1, -0.05) is 35.6 Å². The van der Waals surface area contributed by atoms with E-state index in [1.165, 1.54) is 12.8 Å². The lowest BCUT2D eigenvalue weighted by Crippen LogP contribution is -2.19. The summed E-state index contributed by atoms with van der Waals surface area (Å²) in [4.78, 5) is 19.7. The van der Waals surface area contributed by atoms with Crippen LogP contribution in [0.5, 0.6) is 0 Å². The minimum atomic E-state index is -0.147. The van der Waals surface area contributed by atoms with Crippen LogP contribution in [0, 0.1) is 6.92 Å². The monoisotopic (exact) mass is 429 g/mol. The zero-order valence-electron chi connectivity index (χ0n) is 17.3. The van der Waals surface area contributed by atoms with Gasteiger partial charge in [0.05, 0.1) is 0 Å². The molecule has 0 bridgehead atoms. The van der Waals surface area contributed by atoms with E-state index in [9.17, 15) is 4.79 Å². The molecule has 1 aliphatic rings. The summed E-state index contributed by atoms with van der Waals surface area (Å²) in [5, 5.41) is 15.1. The van der Waals surface area contributed by atoms with Gasteiger partial charge >= 0.3 is 0 Å². The van der Waals surface area contributed by atoms with E-state index < -0.39 is 0 Å². The van der Waals surface area contributed by atoms with Crippen LogP contribution in [-0.2, 0) is 6.54 Å². The maximum atomic E-state index is 12.8. The van der Waals surface area contributed by atoms with Crippen LogP contribution in [-0.4, -0.2) is 39.1 Å². The first-order valence-corrected chi connectivity index (χ1v) is 11.3. The third-order valence-corrected chi connectivity index (χ3v) is 6.42. The topological polar surface area (TPSA) is 71.0 Å². The second kappa shape index (κ2) is 8.53. The molecule has 1 saturated heterocycles. The molecule has 0 atom stereocenters. The van der Waals surface area contributed by atoms with Crippen LogP contribution in [0.3, 0.4) is 0 Å². The number of fused-ring (bicyclic) bond motifs is 1. The fourth-order valence-electron chi connectivity index (χ4n) is 3.95. The summed E-state index contributed by atoms with van der Waals surface area (Å²) in [6, 6.07) is 15.9. The number of nitrogens with zero attached hydrogens (tertiary/aromatic N) is 4. The Labute approximate surface area is 185 Å². The molecular formula is C24H23N5OS.